The molecule has 5 nitrogen and oxygen atoms in total. The first-order valence-corrected chi connectivity index (χ1v) is 9.77. The maximum atomic E-state index is 13.3. The van der Waals surface area contributed by atoms with Crippen molar-refractivity contribution in [2.45, 2.75) is 32.7 Å². The Kier molecular flexibility index (Phi) is 4.89. The maximum absolute atomic E-state index is 13.3. The van der Waals surface area contributed by atoms with Gasteiger partial charge in [-0.05, 0) is 43.2 Å². The van der Waals surface area contributed by atoms with Crippen molar-refractivity contribution < 1.29 is 18.9 Å². The van der Waals surface area contributed by atoms with Gasteiger partial charge in [-0.25, -0.2) is 9.37 Å². The molecule has 0 radical (unpaired) electrons. The number of hydrogen-bond acceptors (Lipinski definition) is 3. The number of halogens is 1. The number of fused-ring (bicyclic) bond motifs is 1. The van der Waals surface area contributed by atoms with E-state index in [2.05, 4.69) is 26.1 Å². The molecule has 146 valence electrons. The van der Waals surface area contributed by atoms with E-state index in [1.807, 2.05) is 11.0 Å². The van der Waals surface area contributed by atoms with E-state index in [1.54, 1.807) is 18.2 Å². The number of quaternary nitrogens is 1. The predicted octanol–water partition coefficient (Wildman–Crippen LogP) is 3.17. The third-order valence-electron chi connectivity index (χ3n) is 5.36. The van der Waals surface area contributed by atoms with Crippen LogP contribution in [0.3, 0.4) is 0 Å². The van der Waals surface area contributed by atoms with Crippen LogP contribution in [0, 0.1) is 5.82 Å². The molecule has 1 aliphatic heterocycles. The van der Waals surface area contributed by atoms with Gasteiger partial charge in [0.25, 0.3) is 5.91 Å². The summed E-state index contributed by atoms with van der Waals surface area (Å²) in [6, 6.07) is 10.2. The fourth-order valence-corrected chi connectivity index (χ4v) is 3.73. The van der Waals surface area contributed by atoms with E-state index in [-0.39, 0.29) is 23.7 Å². The van der Waals surface area contributed by atoms with E-state index in [9.17, 15) is 9.18 Å². The summed E-state index contributed by atoms with van der Waals surface area (Å²) in [7, 11) is 0. The molecule has 1 saturated heterocycles. The molecule has 1 atom stereocenters. The number of carbonyl (C=O) groups excluding carboxylic acids is 1. The fraction of sp³-hybridized carbons (Fsp3) is 0.364. The van der Waals surface area contributed by atoms with Crippen molar-refractivity contribution in [3.05, 3.63) is 53.5 Å². The van der Waals surface area contributed by atoms with Crippen molar-refractivity contribution >= 4 is 17.0 Å². The molecule has 4 rings (SSSR count). The van der Waals surface area contributed by atoms with Crippen LogP contribution in [0.1, 0.15) is 42.8 Å². The zero-order chi connectivity index (χ0) is 19.8. The molecule has 0 aliphatic carbocycles. The SMILES string of the molecule is CC(C)c1cc(-c2ccc(F)cc2)nc2cc(C(=O)N3CC[NH2+]C[C@@H]3C)oc12. The average Bonchev–Trinajstić information content (AvgIpc) is 3.11. The van der Waals surface area contributed by atoms with Crippen LogP contribution in [0.5, 0.6) is 0 Å². The van der Waals surface area contributed by atoms with Gasteiger partial charge < -0.3 is 14.6 Å². The normalized spacial score (nSPS) is 17.5. The summed E-state index contributed by atoms with van der Waals surface area (Å²) in [5, 5.41) is 2.22. The number of nitrogens with zero attached hydrogens (tertiary/aromatic N) is 2. The van der Waals surface area contributed by atoms with Crippen LogP contribution in [-0.2, 0) is 0 Å². The highest BCUT2D eigenvalue weighted by molar-refractivity contribution is 5.96. The highest BCUT2D eigenvalue weighted by atomic mass is 19.1. The molecule has 1 aromatic carbocycles. The van der Waals surface area contributed by atoms with Crippen LogP contribution >= 0.6 is 0 Å². The zero-order valence-electron chi connectivity index (χ0n) is 16.4. The number of aromatic nitrogens is 1. The first-order chi connectivity index (χ1) is 13.4. The lowest BCUT2D eigenvalue weighted by Crippen LogP contribution is -2.91. The molecule has 1 fully saturated rings. The molecule has 3 aromatic rings. The molecule has 6 heteroatoms. The molecule has 2 N–H and O–H groups in total. The molecule has 3 heterocycles. The Morgan fingerprint density at radius 3 is 2.71 bits per heavy atom. The molecular formula is C22H25FN3O2+. The van der Waals surface area contributed by atoms with Crippen LogP contribution in [-0.4, -0.2) is 41.5 Å². The largest absolute Gasteiger partial charge is 0.449 e. The minimum absolute atomic E-state index is 0.0864. The highest BCUT2D eigenvalue weighted by Crippen LogP contribution is 2.32. The Morgan fingerprint density at radius 2 is 2.04 bits per heavy atom. The van der Waals surface area contributed by atoms with E-state index in [4.69, 9.17) is 9.40 Å². The molecule has 1 amide bonds. The molecule has 2 aromatic heterocycles. The first kappa shape index (κ1) is 18.6. The second kappa shape index (κ2) is 7.36. The molecular weight excluding hydrogens is 357 g/mol. The van der Waals surface area contributed by atoms with E-state index in [1.165, 1.54) is 12.1 Å². The van der Waals surface area contributed by atoms with Gasteiger partial charge in [-0.2, -0.15) is 0 Å². The maximum Gasteiger partial charge on any atom is 0.290 e. The van der Waals surface area contributed by atoms with Crippen LogP contribution in [0.2, 0.25) is 0 Å². The number of rotatable bonds is 3. The lowest BCUT2D eigenvalue weighted by Gasteiger charge is -2.30. The number of hydrogen-bond donors (Lipinski definition) is 1. The highest BCUT2D eigenvalue weighted by Gasteiger charge is 2.29. The molecule has 0 unspecified atom stereocenters. The molecule has 0 bridgehead atoms. The van der Waals surface area contributed by atoms with Gasteiger partial charge in [0.15, 0.2) is 11.3 Å². The van der Waals surface area contributed by atoms with Crippen molar-refractivity contribution in [3.63, 3.8) is 0 Å². The third-order valence-corrected chi connectivity index (χ3v) is 5.36. The third kappa shape index (κ3) is 3.40. The second-order valence-corrected chi connectivity index (χ2v) is 7.74. The minimum atomic E-state index is -0.280. The van der Waals surface area contributed by atoms with E-state index >= 15 is 0 Å². The first-order valence-electron chi connectivity index (χ1n) is 9.77. The molecule has 28 heavy (non-hydrogen) atoms. The van der Waals surface area contributed by atoms with E-state index in [0.29, 0.717) is 23.4 Å². The molecule has 0 saturated carbocycles. The van der Waals surface area contributed by atoms with Crippen molar-refractivity contribution in [3.8, 4) is 11.3 Å². The average molecular weight is 382 g/mol. The lowest BCUT2D eigenvalue weighted by molar-refractivity contribution is -0.667. The van der Waals surface area contributed by atoms with Crippen LogP contribution in [0.4, 0.5) is 4.39 Å². The van der Waals surface area contributed by atoms with Crippen LogP contribution < -0.4 is 5.32 Å². The van der Waals surface area contributed by atoms with Crippen molar-refractivity contribution in [1.82, 2.24) is 9.88 Å². The number of carbonyl (C=O) groups is 1. The number of furan rings is 1. The Balaban J connectivity index is 1.78. The van der Waals surface area contributed by atoms with Crippen LogP contribution in [0.15, 0.2) is 40.8 Å². The Labute approximate surface area is 163 Å². The summed E-state index contributed by atoms with van der Waals surface area (Å²) in [6.45, 7) is 8.73. The predicted molar refractivity (Wildman–Crippen MR) is 106 cm³/mol. The number of pyridine rings is 1. The fourth-order valence-electron chi connectivity index (χ4n) is 3.73. The minimum Gasteiger partial charge on any atom is -0.449 e. The van der Waals surface area contributed by atoms with Gasteiger partial charge in [-0.15, -0.1) is 0 Å². The van der Waals surface area contributed by atoms with Crippen LogP contribution in [0.25, 0.3) is 22.4 Å². The van der Waals surface area contributed by atoms with Crippen molar-refractivity contribution in [2.75, 3.05) is 19.6 Å². The zero-order valence-corrected chi connectivity index (χ0v) is 16.4. The lowest BCUT2D eigenvalue weighted by atomic mass is 10.00. The molecule has 0 spiro atoms. The topological polar surface area (TPSA) is 63.0 Å². The number of nitrogens with two attached hydrogens (primary N) is 1. The number of benzene rings is 1. The summed E-state index contributed by atoms with van der Waals surface area (Å²) in [5.41, 5.74) is 3.88. The Bertz CT molecular complexity index is 1010. The van der Waals surface area contributed by atoms with Crippen molar-refractivity contribution in [1.29, 1.82) is 0 Å². The monoisotopic (exact) mass is 382 g/mol. The summed E-state index contributed by atoms with van der Waals surface area (Å²) >= 11 is 0. The summed E-state index contributed by atoms with van der Waals surface area (Å²) in [4.78, 5) is 19.6. The van der Waals surface area contributed by atoms with Crippen molar-refractivity contribution in [2.24, 2.45) is 0 Å². The standard InChI is InChI=1S/C22H24FN3O2/c1-13(2)17-10-18(15-4-6-16(23)7-5-15)25-19-11-20(28-21(17)19)22(27)26-9-8-24-12-14(26)3/h4-7,10-11,13-14,24H,8-9,12H2,1-3H3/p+1/t14-/m0/s1. The van der Waals surface area contributed by atoms with Gasteiger partial charge in [0.1, 0.15) is 11.3 Å². The van der Waals surface area contributed by atoms with E-state index in [0.717, 1.165) is 29.9 Å². The number of piperazine rings is 1. The summed E-state index contributed by atoms with van der Waals surface area (Å²) in [6.07, 6.45) is 0. The van der Waals surface area contributed by atoms with Gasteiger partial charge in [-0.3, -0.25) is 4.79 Å². The van der Waals surface area contributed by atoms with Gasteiger partial charge in [0, 0.05) is 17.2 Å². The summed E-state index contributed by atoms with van der Waals surface area (Å²) < 4.78 is 19.3. The number of amides is 1. The molecule has 1 aliphatic rings. The van der Waals surface area contributed by atoms with Gasteiger partial charge >= 0.3 is 0 Å². The quantitative estimate of drug-likeness (QED) is 0.757. The van der Waals surface area contributed by atoms with Gasteiger partial charge in [0.05, 0.1) is 31.4 Å². The second-order valence-electron chi connectivity index (χ2n) is 7.74. The summed E-state index contributed by atoms with van der Waals surface area (Å²) in [5.74, 6) is 0.159. The smallest absolute Gasteiger partial charge is 0.290 e. The van der Waals surface area contributed by atoms with Gasteiger partial charge in [-0.1, -0.05) is 13.8 Å². The Morgan fingerprint density at radius 1 is 1.29 bits per heavy atom. The van der Waals surface area contributed by atoms with Gasteiger partial charge in [0.2, 0.25) is 0 Å². The Hall–Kier alpha value is -2.73. The van der Waals surface area contributed by atoms with E-state index < -0.39 is 0 Å².